The highest BCUT2D eigenvalue weighted by Gasteiger charge is 2.25. The predicted molar refractivity (Wildman–Crippen MR) is 94.2 cm³/mol. The number of rotatable bonds is 6. The van der Waals surface area contributed by atoms with Crippen LogP contribution in [0.25, 0.3) is 0 Å². The summed E-state index contributed by atoms with van der Waals surface area (Å²) in [6, 6.07) is 10.0. The number of nitro groups is 1. The molecule has 0 bridgehead atoms. The van der Waals surface area contributed by atoms with E-state index >= 15 is 0 Å². The van der Waals surface area contributed by atoms with E-state index in [-0.39, 0.29) is 17.4 Å². The lowest BCUT2D eigenvalue weighted by molar-refractivity contribution is -0.385. The van der Waals surface area contributed by atoms with Crippen LogP contribution in [0.15, 0.2) is 48.8 Å². The molecule has 0 aliphatic rings. The van der Waals surface area contributed by atoms with Crippen molar-refractivity contribution < 1.29 is 18.4 Å². The maximum atomic E-state index is 13.4. The van der Waals surface area contributed by atoms with E-state index < -0.39 is 22.2 Å². The Hall–Kier alpha value is -3.62. The molecule has 0 saturated heterocycles. The zero-order chi connectivity index (χ0) is 19.4. The molecule has 138 valence electrons. The van der Waals surface area contributed by atoms with Crippen molar-refractivity contribution in [1.82, 2.24) is 9.97 Å². The molecule has 7 nitrogen and oxygen atoms in total. The molecule has 2 aromatic carbocycles. The van der Waals surface area contributed by atoms with Crippen LogP contribution in [0.4, 0.5) is 26.0 Å². The number of halogens is 2. The number of aromatic nitrogens is 2. The Kier molecular flexibility index (Phi) is 5.20. The number of ether oxygens (including phenoxy) is 1. The van der Waals surface area contributed by atoms with Crippen molar-refractivity contribution in [2.75, 3.05) is 5.32 Å². The van der Waals surface area contributed by atoms with Crippen LogP contribution in [0.2, 0.25) is 0 Å². The first-order valence-corrected chi connectivity index (χ1v) is 7.96. The van der Waals surface area contributed by atoms with Crippen LogP contribution in [0.3, 0.4) is 0 Å². The fourth-order valence-corrected chi connectivity index (χ4v) is 2.31. The Morgan fingerprint density at radius 1 is 1.11 bits per heavy atom. The van der Waals surface area contributed by atoms with Gasteiger partial charge in [0.1, 0.15) is 12.1 Å². The number of hydrogen-bond acceptors (Lipinski definition) is 6. The smallest absolute Gasteiger partial charge is 0.373 e. The maximum Gasteiger partial charge on any atom is 0.373 e. The quantitative estimate of drug-likeness (QED) is 0.495. The van der Waals surface area contributed by atoms with Crippen molar-refractivity contribution in [2.24, 2.45) is 0 Å². The zero-order valence-electron chi connectivity index (χ0n) is 14.1. The van der Waals surface area contributed by atoms with Gasteiger partial charge in [-0.25, -0.2) is 13.8 Å². The third kappa shape index (κ3) is 4.14. The van der Waals surface area contributed by atoms with E-state index in [4.69, 9.17) is 4.74 Å². The number of aryl methyl sites for hydroxylation is 1. The zero-order valence-corrected chi connectivity index (χ0v) is 14.1. The van der Waals surface area contributed by atoms with Gasteiger partial charge in [-0.05, 0) is 36.2 Å². The molecule has 0 unspecified atom stereocenters. The SMILES string of the molecule is CCc1ccc(Oc2ncnc(Nc3ccc(F)c(F)c3)c2[N+](=O)[O-])cc1. The highest BCUT2D eigenvalue weighted by Crippen LogP contribution is 2.35. The first-order chi connectivity index (χ1) is 13.0. The van der Waals surface area contributed by atoms with E-state index in [9.17, 15) is 18.9 Å². The molecule has 0 spiro atoms. The molecular formula is C18H14F2N4O3. The second-order valence-corrected chi connectivity index (χ2v) is 5.49. The van der Waals surface area contributed by atoms with Crippen LogP contribution < -0.4 is 10.1 Å². The molecule has 0 fully saturated rings. The topological polar surface area (TPSA) is 90.2 Å². The molecule has 1 aromatic heterocycles. The van der Waals surface area contributed by atoms with Crippen molar-refractivity contribution in [1.29, 1.82) is 0 Å². The van der Waals surface area contributed by atoms with Crippen molar-refractivity contribution in [3.63, 3.8) is 0 Å². The lowest BCUT2D eigenvalue weighted by Crippen LogP contribution is -2.04. The summed E-state index contributed by atoms with van der Waals surface area (Å²) in [5.74, 6) is -2.24. The van der Waals surface area contributed by atoms with Gasteiger partial charge in [0, 0.05) is 11.8 Å². The van der Waals surface area contributed by atoms with Crippen LogP contribution in [-0.2, 0) is 6.42 Å². The molecule has 0 atom stereocenters. The van der Waals surface area contributed by atoms with E-state index in [1.165, 1.54) is 6.07 Å². The molecule has 0 amide bonds. The van der Waals surface area contributed by atoms with E-state index in [2.05, 4.69) is 15.3 Å². The first kappa shape index (κ1) is 18.2. The Labute approximate surface area is 152 Å². The minimum absolute atomic E-state index is 0.0916. The van der Waals surface area contributed by atoms with Gasteiger partial charge in [0.05, 0.1) is 4.92 Å². The normalized spacial score (nSPS) is 10.5. The predicted octanol–water partition coefficient (Wildman–Crippen LogP) is 4.76. The second kappa shape index (κ2) is 7.73. The van der Waals surface area contributed by atoms with Gasteiger partial charge in [-0.1, -0.05) is 19.1 Å². The fraction of sp³-hybridized carbons (Fsp3) is 0.111. The Morgan fingerprint density at radius 2 is 1.85 bits per heavy atom. The van der Waals surface area contributed by atoms with Gasteiger partial charge < -0.3 is 10.1 Å². The lowest BCUT2D eigenvalue weighted by atomic mass is 10.2. The molecule has 1 N–H and O–H groups in total. The fourth-order valence-electron chi connectivity index (χ4n) is 2.31. The van der Waals surface area contributed by atoms with Crippen LogP contribution in [-0.4, -0.2) is 14.9 Å². The summed E-state index contributed by atoms with van der Waals surface area (Å²) in [6.45, 7) is 2.00. The van der Waals surface area contributed by atoms with Gasteiger partial charge in [0.2, 0.25) is 5.82 Å². The summed E-state index contributed by atoms with van der Waals surface area (Å²) >= 11 is 0. The number of anilines is 2. The molecule has 9 heteroatoms. The first-order valence-electron chi connectivity index (χ1n) is 7.96. The highest BCUT2D eigenvalue weighted by atomic mass is 19.2. The average Bonchev–Trinajstić information content (AvgIpc) is 2.65. The van der Waals surface area contributed by atoms with Crippen molar-refractivity contribution in [3.05, 3.63) is 76.1 Å². The van der Waals surface area contributed by atoms with Crippen LogP contribution >= 0.6 is 0 Å². The number of hydrogen-bond donors (Lipinski definition) is 1. The third-order valence-electron chi connectivity index (χ3n) is 3.70. The van der Waals surface area contributed by atoms with Gasteiger partial charge in [0.25, 0.3) is 0 Å². The van der Waals surface area contributed by atoms with E-state index in [1.54, 1.807) is 12.1 Å². The highest BCUT2D eigenvalue weighted by molar-refractivity contribution is 5.68. The third-order valence-corrected chi connectivity index (χ3v) is 3.70. The molecule has 1 heterocycles. The van der Waals surface area contributed by atoms with E-state index in [1.807, 2.05) is 19.1 Å². The summed E-state index contributed by atoms with van der Waals surface area (Å²) in [6.07, 6.45) is 1.92. The van der Waals surface area contributed by atoms with Gasteiger partial charge >= 0.3 is 11.6 Å². The molecule has 27 heavy (non-hydrogen) atoms. The summed E-state index contributed by atoms with van der Waals surface area (Å²) in [5.41, 5.74) is 0.649. The molecular weight excluding hydrogens is 358 g/mol. The number of benzene rings is 2. The molecule has 0 aliphatic carbocycles. The monoisotopic (exact) mass is 372 g/mol. The minimum atomic E-state index is -1.09. The van der Waals surface area contributed by atoms with Gasteiger partial charge in [0.15, 0.2) is 11.6 Å². The standard InChI is InChI=1S/C18H14F2N4O3/c1-2-11-3-6-13(7-4-11)27-18-16(24(25)26)17(21-10-22-18)23-12-5-8-14(19)15(20)9-12/h3-10H,2H2,1H3,(H,21,22,23). The molecule has 0 radical (unpaired) electrons. The Balaban J connectivity index is 1.94. The second-order valence-electron chi connectivity index (χ2n) is 5.49. The van der Waals surface area contributed by atoms with E-state index in [0.29, 0.717) is 5.75 Å². The Morgan fingerprint density at radius 3 is 2.48 bits per heavy atom. The molecule has 0 saturated carbocycles. The summed E-state index contributed by atoms with van der Waals surface area (Å²) < 4.78 is 31.9. The van der Waals surface area contributed by atoms with Crippen molar-refractivity contribution in [2.45, 2.75) is 13.3 Å². The van der Waals surface area contributed by atoms with Crippen molar-refractivity contribution >= 4 is 17.2 Å². The van der Waals surface area contributed by atoms with Crippen LogP contribution in [0.1, 0.15) is 12.5 Å². The van der Waals surface area contributed by atoms with Gasteiger partial charge in [-0.2, -0.15) is 4.98 Å². The molecule has 3 rings (SSSR count). The number of nitrogens with zero attached hydrogens (tertiary/aromatic N) is 3. The van der Waals surface area contributed by atoms with Gasteiger partial charge in [-0.3, -0.25) is 10.1 Å². The molecule has 0 aliphatic heterocycles. The number of nitrogens with one attached hydrogen (secondary N) is 1. The van der Waals surface area contributed by atoms with E-state index in [0.717, 1.165) is 30.4 Å². The Bertz CT molecular complexity index is 981. The van der Waals surface area contributed by atoms with Crippen LogP contribution in [0, 0.1) is 21.7 Å². The summed E-state index contributed by atoms with van der Waals surface area (Å²) in [7, 11) is 0. The minimum Gasteiger partial charge on any atom is -0.434 e. The van der Waals surface area contributed by atoms with Crippen molar-refractivity contribution in [3.8, 4) is 11.6 Å². The van der Waals surface area contributed by atoms with Crippen LogP contribution in [0.5, 0.6) is 11.6 Å². The largest absolute Gasteiger partial charge is 0.434 e. The maximum absolute atomic E-state index is 13.4. The van der Waals surface area contributed by atoms with Gasteiger partial charge in [-0.15, -0.1) is 0 Å². The molecule has 3 aromatic rings. The average molecular weight is 372 g/mol. The summed E-state index contributed by atoms with van der Waals surface area (Å²) in [5, 5.41) is 14.1. The summed E-state index contributed by atoms with van der Waals surface area (Å²) in [4.78, 5) is 18.4. The lowest BCUT2D eigenvalue weighted by Gasteiger charge is -2.10.